The second-order valence-electron chi connectivity index (χ2n) is 8.58. The van der Waals surface area contributed by atoms with Gasteiger partial charge in [0.25, 0.3) is 0 Å². The van der Waals surface area contributed by atoms with E-state index in [-0.39, 0.29) is 24.5 Å². The third kappa shape index (κ3) is 4.95. The Balaban J connectivity index is 1.25. The molecule has 0 radical (unpaired) electrons. The summed E-state index contributed by atoms with van der Waals surface area (Å²) >= 11 is 0. The number of aromatic nitrogens is 3. The van der Waals surface area contributed by atoms with Crippen LogP contribution in [-0.4, -0.2) is 52.9 Å². The van der Waals surface area contributed by atoms with Crippen molar-refractivity contribution in [3.05, 3.63) is 64.9 Å². The maximum atomic E-state index is 13.0. The van der Waals surface area contributed by atoms with Gasteiger partial charge in [-0.15, -0.1) is 0 Å². The van der Waals surface area contributed by atoms with Gasteiger partial charge in [-0.2, -0.15) is 13.2 Å². The average molecular weight is 485 g/mol. The summed E-state index contributed by atoms with van der Waals surface area (Å²) in [6, 6.07) is 6.87. The molecule has 0 saturated carbocycles. The van der Waals surface area contributed by atoms with E-state index >= 15 is 0 Å². The SMILES string of the molecule is C[C@H](CC(=O)c1cc(N2CCOCC2)ncn1)c1cc(C2=Nc3ccc(C(F)(F)F)cc3C2)no1. The maximum absolute atomic E-state index is 13.0. The lowest BCUT2D eigenvalue weighted by Gasteiger charge is -2.27. The van der Waals surface area contributed by atoms with Gasteiger partial charge in [-0.3, -0.25) is 9.79 Å². The molecule has 35 heavy (non-hydrogen) atoms. The van der Waals surface area contributed by atoms with Crippen molar-refractivity contribution in [2.24, 2.45) is 4.99 Å². The van der Waals surface area contributed by atoms with Gasteiger partial charge in [0.05, 0.1) is 30.2 Å². The van der Waals surface area contributed by atoms with E-state index in [0.717, 1.165) is 12.1 Å². The number of anilines is 1. The van der Waals surface area contributed by atoms with Crippen molar-refractivity contribution in [2.45, 2.75) is 31.9 Å². The number of halogens is 3. The van der Waals surface area contributed by atoms with Gasteiger partial charge >= 0.3 is 6.18 Å². The quantitative estimate of drug-likeness (QED) is 0.479. The molecule has 0 spiro atoms. The topological polar surface area (TPSA) is 93.7 Å². The standard InChI is InChI=1S/C24H22F3N5O3/c1-14(8-21(33)20-12-23(29-13-28-20)32-4-6-34-7-5-32)22-11-19(31-35-22)18-10-15-9-16(24(25,26)27)2-3-17(15)30-18/h2-3,9,11-14H,4-8,10H2,1H3/t14-/m1/s1. The van der Waals surface area contributed by atoms with E-state index in [9.17, 15) is 18.0 Å². The first-order valence-electron chi connectivity index (χ1n) is 11.2. The van der Waals surface area contributed by atoms with Crippen LogP contribution in [0.25, 0.3) is 0 Å². The molecular formula is C24H22F3N5O3. The van der Waals surface area contributed by atoms with E-state index in [2.05, 4.69) is 20.1 Å². The molecule has 11 heteroatoms. The predicted octanol–water partition coefficient (Wildman–Crippen LogP) is 4.37. The zero-order chi connectivity index (χ0) is 24.6. The zero-order valence-electron chi connectivity index (χ0n) is 18.9. The number of fused-ring (bicyclic) bond motifs is 1. The largest absolute Gasteiger partial charge is 0.416 e. The van der Waals surface area contributed by atoms with Crippen molar-refractivity contribution in [3.63, 3.8) is 0 Å². The van der Waals surface area contributed by atoms with Crippen molar-refractivity contribution in [2.75, 3.05) is 31.2 Å². The van der Waals surface area contributed by atoms with Gasteiger partial charge in [0.1, 0.15) is 29.3 Å². The summed E-state index contributed by atoms with van der Waals surface area (Å²) < 4.78 is 49.8. The van der Waals surface area contributed by atoms with Crippen LogP contribution in [0.4, 0.5) is 24.7 Å². The average Bonchev–Trinajstić information content (AvgIpc) is 3.51. The Morgan fingerprint density at radius 1 is 1.14 bits per heavy atom. The second-order valence-corrected chi connectivity index (χ2v) is 8.58. The number of morpholine rings is 1. The van der Waals surface area contributed by atoms with Gasteiger partial charge < -0.3 is 14.2 Å². The first-order chi connectivity index (χ1) is 16.8. The number of hydrogen-bond donors (Lipinski definition) is 0. The van der Waals surface area contributed by atoms with Gasteiger partial charge in [0.15, 0.2) is 5.78 Å². The Kier molecular flexibility index (Phi) is 6.10. The molecule has 8 nitrogen and oxygen atoms in total. The van der Waals surface area contributed by atoms with Crippen LogP contribution in [0.1, 0.15) is 52.3 Å². The number of ketones is 1. The van der Waals surface area contributed by atoms with Crippen LogP contribution in [0.2, 0.25) is 0 Å². The van der Waals surface area contributed by atoms with Crippen LogP contribution in [0.5, 0.6) is 0 Å². The van der Waals surface area contributed by atoms with E-state index in [1.165, 1.54) is 12.4 Å². The Labute approximate surface area is 198 Å². The number of carbonyl (C=O) groups excluding carboxylic acids is 1. The highest BCUT2D eigenvalue weighted by atomic mass is 19.4. The predicted molar refractivity (Wildman–Crippen MR) is 120 cm³/mol. The Bertz CT molecular complexity index is 1280. The van der Waals surface area contributed by atoms with Crippen LogP contribution in [0.15, 0.2) is 46.2 Å². The second kappa shape index (κ2) is 9.21. The molecule has 4 heterocycles. The van der Waals surface area contributed by atoms with Crippen molar-refractivity contribution in [1.29, 1.82) is 0 Å². The molecular weight excluding hydrogens is 463 g/mol. The molecule has 1 saturated heterocycles. The fraction of sp³-hybridized carbons (Fsp3) is 0.375. The Morgan fingerprint density at radius 2 is 1.94 bits per heavy atom. The first-order valence-corrected chi connectivity index (χ1v) is 11.2. The lowest BCUT2D eigenvalue weighted by molar-refractivity contribution is -0.137. The Hall–Kier alpha value is -3.60. The molecule has 0 unspecified atom stereocenters. The summed E-state index contributed by atoms with van der Waals surface area (Å²) in [4.78, 5) is 27.7. The molecule has 0 bridgehead atoms. The minimum Gasteiger partial charge on any atom is -0.378 e. The fourth-order valence-corrected chi connectivity index (χ4v) is 4.13. The summed E-state index contributed by atoms with van der Waals surface area (Å²) in [5, 5.41) is 4.05. The Morgan fingerprint density at radius 3 is 2.71 bits per heavy atom. The van der Waals surface area contributed by atoms with Crippen molar-refractivity contribution in [3.8, 4) is 0 Å². The smallest absolute Gasteiger partial charge is 0.378 e. The number of carbonyl (C=O) groups is 1. The zero-order valence-corrected chi connectivity index (χ0v) is 18.9. The summed E-state index contributed by atoms with van der Waals surface area (Å²) in [7, 11) is 0. The number of Topliss-reactive ketones (excluding diaryl/α,β-unsaturated/α-hetero) is 1. The van der Waals surface area contributed by atoms with Crippen LogP contribution in [0.3, 0.4) is 0 Å². The van der Waals surface area contributed by atoms with E-state index in [1.807, 2.05) is 11.8 Å². The molecule has 2 aliphatic rings. The molecule has 0 aliphatic carbocycles. The van der Waals surface area contributed by atoms with E-state index in [1.54, 1.807) is 12.1 Å². The highest BCUT2D eigenvalue weighted by Crippen LogP contribution is 2.36. The molecule has 3 aromatic rings. The number of aliphatic imine (C=N–C) groups is 1. The summed E-state index contributed by atoms with van der Waals surface area (Å²) in [6.07, 6.45) is -2.65. The van der Waals surface area contributed by atoms with Gasteiger partial charge in [0.2, 0.25) is 0 Å². The third-order valence-corrected chi connectivity index (χ3v) is 6.09. The van der Waals surface area contributed by atoms with Gasteiger partial charge in [-0.1, -0.05) is 12.1 Å². The monoisotopic (exact) mass is 485 g/mol. The number of benzene rings is 1. The number of ether oxygens (including phenoxy) is 1. The van der Waals surface area contributed by atoms with E-state index < -0.39 is 11.7 Å². The number of rotatable bonds is 6. The minimum atomic E-state index is -4.41. The molecule has 1 aromatic carbocycles. The maximum Gasteiger partial charge on any atom is 0.416 e. The molecule has 0 N–H and O–H groups in total. The highest BCUT2D eigenvalue weighted by Gasteiger charge is 2.32. The number of hydrogen-bond acceptors (Lipinski definition) is 8. The van der Waals surface area contributed by atoms with Gasteiger partial charge in [-0.25, -0.2) is 9.97 Å². The lowest BCUT2D eigenvalue weighted by Crippen LogP contribution is -2.36. The van der Waals surface area contributed by atoms with E-state index in [4.69, 9.17) is 9.26 Å². The number of alkyl halides is 3. The van der Waals surface area contributed by atoms with Crippen molar-refractivity contribution >= 4 is 23.0 Å². The molecule has 2 aromatic heterocycles. The van der Waals surface area contributed by atoms with Crippen LogP contribution in [0, 0.1) is 0 Å². The summed E-state index contributed by atoms with van der Waals surface area (Å²) in [6.45, 7) is 4.46. The lowest BCUT2D eigenvalue weighted by atomic mass is 9.99. The van der Waals surface area contributed by atoms with Crippen LogP contribution >= 0.6 is 0 Å². The van der Waals surface area contributed by atoms with Gasteiger partial charge in [-0.05, 0) is 23.8 Å². The van der Waals surface area contributed by atoms with Crippen molar-refractivity contribution < 1.29 is 27.2 Å². The highest BCUT2D eigenvalue weighted by molar-refractivity contribution is 6.05. The van der Waals surface area contributed by atoms with Crippen LogP contribution in [-0.2, 0) is 17.3 Å². The molecule has 1 fully saturated rings. The molecule has 182 valence electrons. The fourth-order valence-electron chi connectivity index (χ4n) is 4.13. The minimum absolute atomic E-state index is 0.149. The molecule has 0 amide bonds. The summed E-state index contributed by atoms with van der Waals surface area (Å²) in [5.41, 5.74) is 1.56. The normalized spacial score (nSPS) is 16.7. The molecule has 1 atom stereocenters. The summed E-state index contributed by atoms with van der Waals surface area (Å²) in [5.74, 6) is 0.739. The van der Waals surface area contributed by atoms with Gasteiger partial charge in [0, 0.05) is 44.0 Å². The molecule has 2 aliphatic heterocycles. The van der Waals surface area contributed by atoms with Crippen LogP contribution < -0.4 is 4.90 Å². The third-order valence-electron chi connectivity index (χ3n) is 6.09. The first kappa shape index (κ1) is 23.2. The molecule has 5 rings (SSSR count). The van der Waals surface area contributed by atoms with E-state index in [0.29, 0.717) is 66.2 Å². The number of nitrogens with zero attached hydrogens (tertiary/aromatic N) is 5. The van der Waals surface area contributed by atoms with Crippen molar-refractivity contribution in [1.82, 2.24) is 15.1 Å².